The van der Waals surface area contributed by atoms with Crippen LogP contribution < -0.4 is 14.4 Å². The molecule has 0 bridgehead atoms. The highest BCUT2D eigenvalue weighted by atomic mass is 35.5. The van der Waals surface area contributed by atoms with Crippen LogP contribution in [0.5, 0.6) is 11.5 Å². The summed E-state index contributed by atoms with van der Waals surface area (Å²) in [6.07, 6.45) is 3.58. The van der Waals surface area contributed by atoms with Gasteiger partial charge in [-0.25, -0.2) is 0 Å². The number of halogens is 2. The highest BCUT2D eigenvalue weighted by Gasteiger charge is 2.61. The molecular weight excluding hydrogens is 962 g/mol. The minimum atomic E-state index is -1.45. The number of cyclic esters (lactones) is 1. The van der Waals surface area contributed by atoms with Crippen LogP contribution >= 0.6 is 35.0 Å². The van der Waals surface area contributed by atoms with Crippen molar-refractivity contribution in [1.29, 1.82) is 0 Å². The van der Waals surface area contributed by atoms with Crippen LogP contribution in [0, 0.1) is 29.6 Å². The molecule has 1 aromatic carbocycles. The lowest BCUT2D eigenvalue weighted by Crippen LogP contribution is -2.59. The summed E-state index contributed by atoms with van der Waals surface area (Å²) in [6.45, 7) is 14.7. The average Bonchev–Trinajstić information content (AvgIpc) is 3.93. The Morgan fingerprint density at radius 3 is 2.21 bits per heavy atom. The van der Waals surface area contributed by atoms with Gasteiger partial charge in [0.1, 0.15) is 29.2 Å². The van der Waals surface area contributed by atoms with Crippen LogP contribution in [0.25, 0.3) is 0 Å². The second kappa shape index (κ2) is 23.8. The number of carbonyl (C=O) groups is 4. The number of aromatic nitrogens is 1. The SMILES string of the molecule is CC[C@H]1OC(=O)C(C)C(=O)[C@H](C)[C@@H](O[C@@H]2OC(C)CC(N(C)C)[C@H]2O)C(C)(OC)C[C@@H](C)C(=O)C(C)C2C(SCCN(Cc3c(Cl)cncc3Cl)c3ccc(OC)c(OC4CCCC4)c3)C(=O)O[C@@]21C. The Balaban J connectivity index is 1.33. The van der Waals surface area contributed by atoms with Crippen LogP contribution in [0.4, 0.5) is 5.69 Å². The molecule has 15 nitrogen and oxygen atoms in total. The highest BCUT2D eigenvalue weighted by Crippen LogP contribution is 2.49. The van der Waals surface area contributed by atoms with Gasteiger partial charge in [-0.3, -0.25) is 24.2 Å². The van der Waals surface area contributed by atoms with Crippen molar-refractivity contribution in [3.05, 3.63) is 46.2 Å². The Kier molecular flexibility index (Phi) is 19.0. The van der Waals surface area contributed by atoms with Crippen LogP contribution in [0.2, 0.25) is 10.0 Å². The minimum Gasteiger partial charge on any atom is -0.493 e. The predicted molar refractivity (Wildman–Crippen MR) is 270 cm³/mol. The predicted octanol–water partition coefficient (Wildman–Crippen LogP) is 8.38. The van der Waals surface area contributed by atoms with Crippen molar-refractivity contribution in [3.8, 4) is 11.5 Å². The van der Waals surface area contributed by atoms with E-state index < -0.39 is 88.4 Å². The topological polar surface area (TPSA) is 172 Å². The second-order valence-electron chi connectivity index (χ2n) is 20.5. The summed E-state index contributed by atoms with van der Waals surface area (Å²) in [7, 11) is 6.84. The Morgan fingerprint density at radius 2 is 1.60 bits per heavy atom. The van der Waals surface area contributed by atoms with E-state index >= 15 is 4.79 Å². The second-order valence-corrected chi connectivity index (χ2v) is 22.5. The number of Topliss-reactive ketones (excluding diaryl/α,β-unsaturated/α-hetero) is 2. The smallest absolute Gasteiger partial charge is 0.320 e. The molecule has 1 aromatic heterocycles. The van der Waals surface area contributed by atoms with Gasteiger partial charge in [0, 0.05) is 85.4 Å². The number of hydrogen-bond donors (Lipinski definition) is 1. The van der Waals surface area contributed by atoms with E-state index in [9.17, 15) is 19.5 Å². The molecule has 70 heavy (non-hydrogen) atoms. The maximum Gasteiger partial charge on any atom is 0.320 e. The van der Waals surface area contributed by atoms with Gasteiger partial charge in [0.15, 0.2) is 29.2 Å². The van der Waals surface area contributed by atoms with E-state index in [1.54, 1.807) is 40.3 Å². The number of anilines is 1. The quantitative estimate of drug-likeness (QED) is 0.133. The molecular formula is C52H75Cl2N3O12S. The first-order chi connectivity index (χ1) is 33.1. The number of rotatable bonds is 15. The van der Waals surface area contributed by atoms with Gasteiger partial charge < -0.3 is 48.1 Å². The van der Waals surface area contributed by atoms with E-state index in [2.05, 4.69) is 9.88 Å². The van der Waals surface area contributed by atoms with E-state index in [0.717, 1.165) is 31.4 Å². The molecule has 0 amide bonds. The van der Waals surface area contributed by atoms with Crippen molar-refractivity contribution < 1.29 is 57.4 Å². The molecule has 1 saturated carbocycles. The Hall–Kier alpha value is -3.22. The third-order valence-electron chi connectivity index (χ3n) is 15.4. The first-order valence-electron chi connectivity index (χ1n) is 24.8. The maximum absolute atomic E-state index is 15.1. The van der Waals surface area contributed by atoms with Gasteiger partial charge in [0.2, 0.25) is 0 Å². The molecule has 14 atom stereocenters. The van der Waals surface area contributed by atoms with E-state index in [1.807, 2.05) is 64.9 Å². The number of esters is 2. The summed E-state index contributed by atoms with van der Waals surface area (Å²) in [5.74, 6) is -4.85. The number of pyridine rings is 1. The summed E-state index contributed by atoms with van der Waals surface area (Å²) in [5.41, 5.74) is -1.28. The molecule has 1 N–H and O–H groups in total. The molecule has 6 rings (SSSR count). The number of aliphatic hydroxyl groups excluding tert-OH is 1. The monoisotopic (exact) mass is 1040 g/mol. The summed E-state index contributed by atoms with van der Waals surface area (Å²) >= 11 is 14.8. The number of carbonyl (C=O) groups excluding carboxylic acids is 4. The molecule has 2 aromatic rings. The van der Waals surface area contributed by atoms with E-state index in [1.165, 1.54) is 25.8 Å². The van der Waals surface area contributed by atoms with Crippen molar-refractivity contribution in [2.45, 2.75) is 166 Å². The highest BCUT2D eigenvalue weighted by molar-refractivity contribution is 8.00. The minimum absolute atomic E-state index is 0.0777. The number of aliphatic hydroxyl groups is 1. The molecule has 1 aliphatic carbocycles. The zero-order chi connectivity index (χ0) is 51.4. The normalized spacial score (nSPS) is 34.7. The van der Waals surface area contributed by atoms with Crippen LogP contribution in [0.15, 0.2) is 30.6 Å². The van der Waals surface area contributed by atoms with Crippen LogP contribution in [-0.4, -0.2) is 138 Å². The van der Waals surface area contributed by atoms with Gasteiger partial charge in [0.25, 0.3) is 0 Å². The van der Waals surface area contributed by atoms with Crippen LogP contribution in [-0.2, 0) is 49.4 Å². The van der Waals surface area contributed by atoms with E-state index in [-0.39, 0.29) is 36.9 Å². The lowest BCUT2D eigenvalue weighted by Gasteiger charge is -2.47. The lowest BCUT2D eigenvalue weighted by molar-refractivity contribution is -0.295. The van der Waals surface area contributed by atoms with Gasteiger partial charge in [0.05, 0.1) is 41.1 Å². The third kappa shape index (κ3) is 12.1. The summed E-state index contributed by atoms with van der Waals surface area (Å²) < 4.78 is 43.9. The summed E-state index contributed by atoms with van der Waals surface area (Å²) in [6, 6.07) is 5.46. The molecule has 390 valence electrons. The maximum atomic E-state index is 15.1. The molecule has 3 aliphatic heterocycles. The Bertz CT molecular complexity index is 2150. The number of fused-ring (bicyclic) bond motifs is 1. The number of methoxy groups -OCH3 is 2. The molecule has 4 fully saturated rings. The molecule has 18 heteroatoms. The molecule has 0 spiro atoms. The van der Waals surface area contributed by atoms with Gasteiger partial charge in [-0.1, -0.05) is 50.9 Å². The van der Waals surface area contributed by atoms with Crippen LogP contribution in [0.1, 0.15) is 106 Å². The fraction of sp³-hybridized carbons (Fsp3) is 0.712. The molecule has 7 unspecified atom stereocenters. The average molecular weight is 1040 g/mol. The molecule has 4 aliphatic rings. The number of benzene rings is 1. The van der Waals surface area contributed by atoms with E-state index in [4.69, 9.17) is 56.4 Å². The fourth-order valence-electron chi connectivity index (χ4n) is 11.3. The number of likely N-dealkylation sites (N-methyl/N-ethyl adjacent to an activating group) is 1. The van der Waals surface area contributed by atoms with Crippen LogP contribution in [0.3, 0.4) is 0 Å². The zero-order valence-electron chi connectivity index (χ0n) is 42.9. The van der Waals surface area contributed by atoms with Gasteiger partial charge in [-0.2, -0.15) is 0 Å². The van der Waals surface area contributed by atoms with Crippen molar-refractivity contribution in [1.82, 2.24) is 9.88 Å². The molecule has 0 radical (unpaired) electrons. The summed E-state index contributed by atoms with van der Waals surface area (Å²) in [5, 5.41) is 11.5. The molecule has 4 heterocycles. The third-order valence-corrected chi connectivity index (χ3v) is 17.3. The van der Waals surface area contributed by atoms with Gasteiger partial charge in [-0.15, -0.1) is 11.8 Å². The largest absolute Gasteiger partial charge is 0.493 e. The van der Waals surface area contributed by atoms with Gasteiger partial charge >= 0.3 is 11.9 Å². The molecule has 3 saturated heterocycles. The number of ether oxygens (including phenoxy) is 7. The Morgan fingerprint density at radius 1 is 0.929 bits per heavy atom. The van der Waals surface area contributed by atoms with Crippen molar-refractivity contribution in [3.63, 3.8) is 0 Å². The van der Waals surface area contributed by atoms with Crippen molar-refractivity contribution in [2.24, 2.45) is 29.6 Å². The number of hydrogen-bond acceptors (Lipinski definition) is 16. The first kappa shape index (κ1) is 56.1. The van der Waals surface area contributed by atoms with Crippen molar-refractivity contribution >= 4 is 64.2 Å². The zero-order valence-corrected chi connectivity index (χ0v) is 45.2. The van der Waals surface area contributed by atoms with E-state index in [0.29, 0.717) is 52.4 Å². The standard InChI is InChI=1S/C52H75Cl2N3O12S/c1-13-41-52(8)42(30(4)43(58)28(2)24-51(7,64-12)47(31(5)44(59)32(6)48(61)67-41)68-50-45(60)38(56(9)10)22-29(3)65-50)46(49(62)69-52)70-21-20-57(27-35-36(53)25-55-26-37(35)54)33-18-19-39(63-11)40(23-33)66-34-16-14-15-17-34/h18-19,23,25-26,28-32,34,38,41-42,45-47,50,60H,13-17,20-22,24,27H2,1-12H3/t28-,29?,30?,31+,32?,38?,41-,42?,45-,46?,47-,50+,51?,52-/m1/s1. The number of thioether (sulfide) groups is 1. The van der Waals surface area contributed by atoms with Crippen molar-refractivity contribution in [2.75, 3.05) is 45.5 Å². The fourth-order valence-corrected chi connectivity index (χ4v) is 13.2. The first-order valence-corrected chi connectivity index (χ1v) is 26.6. The number of nitrogens with zero attached hydrogens (tertiary/aromatic N) is 3. The number of ketones is 2. The lowest BCUT2D eigenvalue weighted by atomic mass is 9.70. The summed E-state index contributed by atoms with van der Waals surface area (Å²) in [4.78, 5) is 66.4. The Labute approximate surface area is 428 Å². The van der Waals surface area contributed by atoms with Gasteiger partial charge in [-0.05, 0) is 98.9 Å².